The summed E-state index contributed by atoms with van der Waals surface area (Å²) in [5.41, 5.74) is 18.9. The SMILES string of the molecule is Cc1nn(C)c(C)c1CN=C(N)N=C(N)N. The van der Waals surface area contributed by atoms with Gasteiger partial charge in [0.25, 0.3) is 0 Å². The van der Waals surface area contributed by atoms with Crippen LogP contribution in [0.3, 0.4) is 0 Å². The van der Waals surface area contributed by atoms with Gasteiger partial charge in [-0.05, 0) is 13.8 Å². The summed E-state index contributed by atoms with van der Waals surface area (Å²) < 4.78 is 1.80. The van der Waals surface area contributed by atoms with Crippen molar-refractivity contribution in [2.45, 2.75) is 20.4 Å². The smallest absolute Gasteiger partial charge is 0.218 e. The second-order valence-electron chi connectivity index (χ2n) is 3.48. The Balaban J connectivity index is 2.86. The highest BCUT2D eigenvalue weighted by Crippen LogP contribution is 2.12. The molecule has 88 valence electrons. The number of hydrogen-bond acceptors (Lipinski definition) is 2. The van der Waals surface area contributed by atoms with Gasteiger partial charge in [0.05, 0.1) is 12.2 Å². The van der Waals surface area contributed by atoms with Crippen molar-refractivity contribution in [3.8, 4) is 0 Å². The van der Waals surface area contributed by atoms with Crippen LogP contribution in [-0.4, -0.2) is 21.7 Å². The number of rotatable bonds is 2. The lowest BCUT2D eigenvalue weighted by atomic mass is 10.2. The highest BCUT2D eigenvalue weighted by molar-refractivity contribution is 5.92. The number of aryl methyl sites for hydroxylation is 2. The molecule has 0 fully saturated rings. The van der Waals surface area contributed by atoms with Gasteiger partial charge in [0.15, 0.2) is 5.96 Å². The lowest BCUT2D eigenvalue weighted by molar-refractivity contribution is 0.730. The van der Waals surface area contributed by atoms with Crippen molar-refractivity contribution < 1.29 is 0 Å². The zero-order valence-electron chi connectivity index (χ0n) is 9.73. The Kier molecular flexibility index (Phi) is 3.49. The Morgan fingerprint density at radius 1 is 1.31 bits per heavy atom. The highest BCUT2D eigenvalue weighted by Gasteiger charge is 2.08. The van der Waals surface area contributed by atoms with E-state index in [4.69, 9.17) is 17.2 Å². The van der Waals surface area contributed by atoms with Gasteiger partial charge in [0.1, 0.15) is 0 Å². The topological polar surface area (TPSA) is 121 Å². The molecule has 0 saturated heterocycles. The molecule has 16 heavy (non-hydrogen) atoms. The maximum absolute atomic E-state index is 5.50. The van der Waals surface area contributed by atoms with Gasteiger partial charge >= 0.3 is 0 Å². The summed E-state index contributed by atoms with van der Waals surface area (Å²) in [5.74, 6) is -0.0245. The predicted molar refractivity (Wildman–Crippen MR) is 63.8 cm³/mol. The first-order valence-corrected chi connectivity index (χ1v) is 4.80. The molecule has 0 bridgehead atoms. The lowest BCUT2D eigenvalue weighted by Gasteiger charge is -1.98. The summed E-state index contributed by atoms with van der Waals surface area (Å²) in [4.78, 5) is 7.69. The van der Waals surface area contributed by atoms with E-state index in [1.54, 1.807) is 4.68 Å². The molecule has 0 unspecified atom stereocenters. The van der Waals surface area contributed by atoms with Gasteiger partial charge in [-0.15, -0.1) is 0 Å². The Morgan fingerprint density at radius 2 is 1.94 bits per heavy atom. The monoisotopic (exact) mass is 223 g/mol. The van der Waals surface area contributed by atoms with Gasteiger partial charge in [-0.3, -0.25) is 4.68 Å². The van der Waals surface area contributed by atoms with Gasteiger partial charge in [-0.1, -0.05) is 0 Å². The van der Waals surface area contributed by atoms with Crippen molar-refractivity contribution in [2.75, 3.05) is 0 Å². The van der Waals surface area contributed by atoms with Crippen LogP contribution >= 0.6 is 0 Å². The zero-order chi connectivity index (χ0) is 12.3. The molecule has 0 aromatic carbocycles. The van der Waals surface area contributed by atoms with E-state index in [0.29, 0.717) is 6.54 Å². The average molecular weight is 223 g/mol. The summed E-state index contributed by atoms with van der Waals surface area (Å²) in [6, 6.07) is 0. The number of nitrogens with two attached hydrogens (primary N) is 3. The normalized spacial score (nSPS) is 11.6. The largest absolute Gasteiger partial charge is 0.370 e. The number of nitrogens with zero attached hydrogens (tertiary/aromatic N) is 4. The molecule has 0 atom stereocenters. The second-order valence-corrected chi connectivity index (χ2v) is 3.48. The zero-order valence-corrected chi connectivity index (χ0v) is 9.73. The van der Waals surface area contributed by atoms with Gasteiger partial charge in [-0.25, -0.2) is 4.99 Å². The van der Waals surface area contributed by atoms with Crippen LogP contribution in [0.5, 0.6) is 0 Å². The molecule has 7 heteroatoms. The van der Waals surface area contributed by atoms with Crippen LogP contribution in [0.15, 0.2) is 9.98 Å². The van der Waals surface area contributed by atoms with E-state index in [0.717, 1.165) is 17.0 Å². The summed E-state index contributed by atoms with van der Waals surface area (Å²) >= 11 is 0. The van der Waals surface area contributed by atoms with Gasteiger partial charge in [0.2, 0.25) is 5.96 Å². The van der Waals surface area contributed by atoms with E-state index in [1.807, 2.05) is 20.9 Å². The molecule has 1 aromatic rings. The van der Waals surface area contributed by atoms with E-state index in [1.165, 1.54) is 0 Å². The summed E-state index contributed by atoms with van der Waals surface area (Å²) in [5, 5.41) is 4.27. The van der Waals surface area contributed by atoms with Crippen molar-refractivity contribution in [3.63, 3.8) is 0 Å². The van der Waals surface area contributed by atoms with Crippen molar-refractivity contribution in [1.82, 2.24) is 9.78 Å². The first kappa shape index (κ1) is 12.0. The fourth-order valence-electron chi connectivity index (χ4n) is 1.37. The van der Waals surface area contributed by atoms with E-state index in [9.17, 15) is 0 Å². The number of aliphatic imine (C=N–C) groups is 2. The van der Waals surface area contributed by atoms with E-state index in [2.05, 4.69) is 15.1 Å². The second kappa shape index (κ2) is 4.65. The Bertz CT molecular complexity index is 437. The molecule has 1 heterocycles. The highest BCUT2D eigenvalue weighted by atomic mass is 15.3. The molecule has 0 aliphatic carbocycles. The third-order valence-corrected chi connectivity index (χ3v) is 2.30. The molecule has 0 saturated carbocycles. The molecule has 0 aliphatic heterocycles. The van der Waals surface area contributed by atoms with E-state index in [-0.39, 0.29) is 11.9 Å². The average Bonchev–Trinajstić information content (AvgIpc) is 2.38. The molecule has 7 nitrogen and oxygen atoms in total. The number of aromatic nitrogens is 2. The molecule has 0 spiro atoms. The Labute approximate surface area is 94.0 Å². The molecular formula is C9H17N7. The predicted octanol–water partition coefficient (Wildman–Crippen LogP) is -0.875. The number of hydrogen-bond donors (Lipinski definition) is 3. The molecule has 1 aromatic heterocycles. The van der Waals surface area contributed by atoms with Gasteiger partial charge in [0, 0.05) is 18.3 Å². The van der Waals surface area contributed by atoms with E-state index < -0.39 is 0 Å². The summed E-state index contributed by atoms with van der Waals surface area (Å²) in [6.07, 6.45) is 0. The molecule has 0 aliphatic rings. The summed E-state index contributed by atoms with van der Waals surface area (Å²) in [6.45, 7) is 4.32. The standard InChI is InChI=1S/C9H17N7/c1-5-7(6(2)16(3)15-5)4-13-9(12)14-8(10)11/h4H2,1-3H3,(H6,10,11,12,13,14). The van der Waals surface area contributed by atoms with Crippen LogP contribution in [0, 0.1) is 13.8 Å². The number of guanidine groups is 2. The Hall–Kier alpha value is -2.05. The summed E-state index contributed by atoms with van der Waals surface area (Å²) in [7, 11) is 1.88. The fraction of sp³-hybridized carbons (Fsp3) is 0.444. The van der Waals surface area contributed by atoms with Gasteiger partial charge < -0.3 is 17.2 Å². The van der Waals surface area contributed by atoms with Gasteiger partial charge in [-0.2, -0.15) is 10.1 Å². The van der Waals surface area contributed by atoms with Crippen molar-refractivity contribution in [3.05, 3.63) is 17.0 Å². The quantitative estimate of drug-likeness (QED) is 0.445. The maximum atomic E-state index is 5.50. The maximum Gasteiger partial charge on any atom is 0.218 e. The van der Waals surface area contributed by atoms with Crippen LogP contribution < -0.4 is 17.2 Å². The fourth-order valence-corrected chi connectivity index (χ4v) is 1.37. The van der Waals surface area contributed by atoms with Crippen LogP contribution in [0.4, 0.5) is 0 Å². The Morgan fingerprint density at radius 3 is 2.38 bits per heavy atom. The first-order chi connectivity index (χ1) is 7.41. The van der Waals surface area contributed by atoms with Crippen LogP contribution in [-0.2, 0) is 13.6 Å². The molecule has 6 N–H and O–H groups in total. The van der Waals surface area contributed by atoms with E-state index >= 15 is 0 Å². The molecule has 1 rings (SSSR count). The lowest BCUT2D eigenvalue weighted by Crippen LogP contribution is -2.26. The van der Waals surface area contributed by atoms with Crippen molar-refractivity contribution in [1.29, 1.82) is 0 Å². The van der Waals surface area contributed by atoms with Crippen LogP contribution in [0.2, 0.25) is 0 Å². The third kappa shape index (κ3) is 2.72. The minimum absolute atomic E-state index is 0.0719. The van der Waals surface area contributed by atoms with Crippen molar-refractivity contribution >= 4 is 11.9 Å². The molecular weight excluding hydrogens is 206 g/mol. The first-order valence-electron chi connectivity index (χ1n) is 4.80. The minimum Gasteiger partial charge on any atom is -0.370 e. The van der Waals surface area contributed by atoms with Crippen LogP contribution in [0.1, 0.15) is 17.0 Å². The van der Waals surface area contributed by atoms with Crippen LogP contribution in [0.25, 0.3) is 0 Å². The third-order valence-electron chi connectivity index (χ3n) is 2.30. The van der Waals surface area contributed by atoms with Crippen molar-refractivity contribution in [2.24, 2.45) is 34.2 Å². The minimum atomic E-state index is -0.0964. The molecule has 0 radical (unpaired) electrons. The molecule has 0 amide bonds.